The van der Waals surface area contributed by atoms with E-state index in [2.05, 4.69) is 5.32 Å². The monoisotopic (exact) mass is 399 g/mol. The van der Waals surface area contributed by atoms with Gasteiger partial charge in [-0.3, -0.25) is 14.4 Å². The quantitative estimate of drug-likeness (QED) is 0.696. The van der Waals surface area contributed by atoms with E-state index in [4.69, 9.17) is 10.5 Å². The van der Waals surface area contributed by atoms with Crippen molar-refractivity contribution in [3.63, 3.8) is 0 Å². The molecule has 1 aliphatic rings. The Morgan fingerprint density at radius 2 is 2.04 bits per heavy atom. The first kappa shape index (κ1) is 19.8. The first-order valence-corrected chi connectivity index (χ1v) is 9.72. The van der Waals surface area contributed by atoms with Crippen LogP contribution < -0.4 is 20.7 Å². The van der Waals surface area contributed by atoms with Crippen LogP contribution in [0.5, 0.6) is 5.75 Å². The smallest absolute Gasteiger partial charge is 0.229 e. The molecular weight excluding hydrogens is 378 g/mol. The zero-order valence-electron chi connectivity index (χ0n) is 15.4. The van der Waals surface area contributed by atoms with Gasteiger partial charge in [0.05, 0.1) is 24.5 Å². The Kier molecular flexibility index (Phi) is 6.20. The van der Waals surface area contributed by atoms with Gasteiger partial charge < -0.3 is 20.7 Å². The maximum absolute atomic E-state index is 12.7. The lowest BCUT2D eigenvalue weighted by Crippen LogP contribution is -2.28. The Labute approximate surface area is 167 Å². The second kappa shape index (κ2) is 8.79. The summed E-state index contributed by atoms with van der Waals surface area (Å²) in [5.74, 6) is -0.457. The minimum atomic E-state index is -0.465. The van der Waals surface area contributed by atoms with Gasteiger partial charge in [0.2, 0.25) is 17.7 Å². The first-order valence-electron chi connectivity index (χ1n) is 8.73. The number of para-hydroxylation sites is 1. The van der Waals surface area contributed by atoms with E-state index in [1.54, 1.807) is 42.3 Å². The minimum Gasteiger partial charge on any atom is -0.497 e. The molecule has 2 aromatic carbocycles. The highest BCUT2D eigenvalue weighted by molar-refractivity contribution is 8.00. The third-order valence-corrected chi connectivity index (χ3v) is 5.47. The maximum atomic E-state index is 12.7. The standard InChI is InChI=1S/C20H21N3O4S/c1-27-15-6-4-5-14(10-15)23-11-13(9-19(23)25)20(26)22-16-7-2-3-8-17(16)28-12-18(21)24/h2-8,10,13H,9,11-12H2,1H3,(H2,21,24)(H,22,26). The fourth-order valence-corrected chi connectivity index (χ4v) is 3.74. The van der Waals surface area contributed by atoms with E-state index in [-0.39, 0.29) is 24.0 Å². The number of primary amides is 1. The average molecular weight is 399 g/mol. The van der Waals surface area contributed by atoms with Gasteiger partial charge >= 0.3 is 0 Å². The predicted octanol–water partition coefficient (Wildman–Crippen LogP) is 2.26. The molecule has 3 rings (SSSR count). The summed E-state index contributed by atoms with van der Waals surface area (Å²) >= 11 is 1.26. The molecule has 146 valence electrons. The van der Waals surface area contributed by atoms with Crippen LogP contribution in [-0.2, 0) is 14.4 Å². The van der Waals surface area contributed by atoms with Crippen molar-refractivity contribution in [2.75, 3.05) is 29.6 Å². The van der Waals surface area contributed by atoms with Crippen LogP contribution in [-0.4, -0.2) is 37.1 Å². The summed E-state index contributed by atoms with van der Waals surface area (Å²) in [5, 5.41) is 2.88. The second-order valence-corrected chi connectivity index (χ2v) is 7.36. The molecule has 28 heavy (non-hydrogen) atoms. The third kappa shape index (κ3) is 4.64. The molecule has 1 aliphatic heterocycles. The molecule has 2 aromatic rings. The molecule has 0 spiro atoms. The summed E-state index contributed by atoms with van der Waals surface area (Å²) in [7, 11) is 1.56. The van der Waals surface area contributed by atoms with Crippen LogP contribution in [0, 0.1) is 5.92 Å². The molecule has 1 fully saturated rings. The highest BCUT2D eigenvalue weighted by atomic mass is 32.2. The molecule has 1 saturated heterocycles. The number of methoxy groups -OCH3 is 1. The molecule has 1 atom stereocenters. The number of hydrogen-bond donors (Lipinski definition) is 2. The lowest BCUT2D eigenvalue weighted by molar-refractivity contribution is -0.122. The van der Waals surface area contributed by atoms with Crippen LogP contribution in [0.1, 0.15) is 6.42 Å². The van der Waals surface area contributed by atoms with Gasteiger partial charge in [-0.1, -0.05) is 18.2 Å². The molecule has 1 heterocycles. The molecule has 0 aliphatic carbocycles. The molecule has 8 heteroatoms. The molecular formula is C20H21N3O4S. The van der Waals surface area contributed by atoms with E-state index in [1.807, 2.05) is 18.2 Å². The normalized spacial score (nSPS) is 16.1. The highest BCUT2D eigenvalue weighted by Gasteiger charge is 2.35. The number of carbonyl (C=O) groups excluding carboxylic acids is 3. The maximum Gasteiger partial charge on any atom is 0.229 e. The van der Waals surface area contributed by atoms with E-state index >= 15 is 0 Å². The van der Waals surface area contributed by atoms with Crippen LogP contribution in [0.2, 0.25) is 0 Å². The van der Waals surface area contributed by atoms with E-state index in [1.165, 1.54) is 11.8 Å². The van der Waals surface area contributed by atoms with E-state index in [0.29, 0.717) is 23.7 Å². The Balaban J connectivity index is 1.69. The third-order valence-electron chi connectivity index (χ3n) is 4.38. The summed E-state index contributed by atoms with van der Waals surface area (Å²) in [5.41, 5.74) is 6.51. The lowest BCUT2D eigenvalue weighted by Gasteiger charge is -2.18. The van der Waals surface area contributed by atoms with Crippen molar-refractivity contribution < 1.29 is 19.1 Å². The fraction of sp³-hybridized carbons (Fsp3) is 0.250. The van der Waals surface area contributed by atoms with E-state index in [0.717, 1.165) is 4.90 Å². The SMILES string of the molecule is COc1cccc(N2CC(C(=O)Nc3ccccc3SCC(N)=O)CC2=O)c1. The van der Waals surface area contributed by atoms with Crippen LogP contribution in [0.3, 0.4) is 0 Å². The Morgan fingerprint density at radius 1 is 1.25 bits per heavy atom. The van der Waals surface area contributed by atoms with Crippen molar-refractivity contribution in [1.82, 2.24) is 0 Å². The van der Waals surface area contributed by atoms with Crippen LogP contribution in [0.25, 0.3) is 0 Å². The second-order valence-electron chi connectivity index (χ2n) is 6.35. The Bertz CT molecular complexity index is 903. The largest absolute Gasteiger partial charge is 0.497 e. The number of ether oxygens (including phenoxy) is 1. The number of carbonyl (C=O) groups is 3. The number of nitrogens with one attached hydrogen (secondary N) is 1. The zero-order chi connectivity index (χ0) is 20.1. The van der Waals surface area contributed by atoms with Gasteiger partial charge in [0, 0.05) is 29.6 Å². The topological polar surface area (TPSA) is 102 Å². The van der Waals surface area contributed by atoms with Gasteiger partial charge in [0.1, 0.15) is 5.75 Å². The van der Waals surface area contributed by atoms with Crippen LogP contribution in [0.4, 0.5) is 11.4 Å². The molecule has 0 radical (unpaired) electrons. The van der Waals surface area contributed by atoms with Crippen molar-refractivity contribution in [2.45, 2.75) is 11.3 Å². The summed E-state index contributed by atoms with van der Waals surface area (Å²) in [6.45, 7) is 0.300. The zero-order valence-corrected chi connectivity index (χ0v) is 16.2. The van der Waals surface area contributed by atoms with Crippen LogP contribution in [0.15, 0.2) is 53.4 Å². The lowest BCUT2D eigenvalue weighted by atomic mass is 10.1. The van der Waals surface area contributed by atoms with Crippen molar-refractivity contribution in [1.29, 1.82) is 0 Å². The van der Waals surface area contributed by atoms with Crippen molar-refractivity contribution >= 4 is 40.9 Å². The number of nitrogens with zero attached hydrogens (tertiary/aromatic N) is 1. The van der Waals surface area contributed by atoms with Gasteiger partial charge in [0.25, 0.3) is 0 Å². The molecule has 0 aromatic heterocycles. The molecule has 7 nitrogen and oxygen atoms in total. The number of anilines is 2. The van der Waals surface area contributed by atoms with Gasteiger partial charge in [-0.2, -0.15) is 0 Å². The average Bonchev–Trinajstić information content (AvgIpc) is 3.09. The Morgan fingerprint density at radius 3 is 2.79 bits per heavy atom. The summed E-state index contributed by atoms with van der Waals surface area (Å²) in [6.07, 6.45) is 0.139. The molecule has 1 unspecified atom stereocenters. The molecule has 0 bridgehead atoms. The fourth-order valence-electron chi connectivity index (χ4n) is 2.99. The Hall–Kier alpha value is -3.00. The minimum absolute atomic E-state index is 0.107. The summed E-state index contributed by atoms with van der Waals surface area (Å²) < 4.78 is 5.20. The van der Waals surface area contributed by atoms with Gasteiger partial charge in [-0.05, 0) is 24.3 Å². The van der Waals surface area contributed by atoms with Crippen molar-refractivity contribution in [3.05, 3.63) is 48.5 Å². The molecule has 0 saturated carbocycles. The summed E-state index contributed by atoms with van der Waals surface area (Å²) in [4.78, 5) is 38.6. The first-order chi connectivity index (χ1) is 13.5. The molecule has 3 amide bonds. The van der Waals surface area contributed by atoms with E-state index in [9.17, 15) is 14.4 Å². The number of hydrogen-bond acceptors (Lipinski definition) is 5. The van der Waals surface area contributed by atoms with Crippen molar-refractivity contribution in [3.8, 4) is 5.75 Å². The number of thioether (sulfide) groups is 1. The number of amides is 3. The van der Waals surface area contributed by atoms with Crippen molar-refractivity contribution in [2.24, 2.45) is 11.7 Å². The number of nitrogens with two attached hydrogens (primary N) is 1. The number of rotatable bonds is 7. The van der Waals surface area contributed by atoms with Gasteiger partial charge in [-0.15, -0.1) is 11.8 Å². The van der Waals surface area contributed by atoms with Gasteiger partial charge in [-0.25, -0.2) is 0 Å². The predicted molar refractivity (Wildman–Crippen MR) is 108 cm³/mol. The highest BCUT2D eigenvalue weighted by Crippen LogP contribution is 2.30. The summed E-state index contributed by atoms with van der Waals surface area (Å²) in [6, 6.07) is 14.4. The number of benzene rings is 2. The molecule has 3 N–H and O–H groups in total. The van der Waals surface area contributed by atoms with Gasteiger partial charge in [0.15, 0.2) is 0 Å². The van der Waals surface area contributed by atoms with Crippen LogP contribution >= 0.6 is 11.8 Å². The van der Waals surface area contributed by atoms with E-state index < -0.39 is 11.8 Å².